The van der Waals surface area contributed by atoms with Gasteiger partial charge in [0.15, 0.2) is 5.78 Å². The molecule has 0 radical (unpaired) electrons. The Labute approximate surface area is 170 Å². The first-order valence-corrected chi connectivity index (χ1v) is 9.44. The third kappa shape index (κ3) is 2.35. The van der Waals surface area contributed by atoms with Crippen molar-refractivity contribution in [3.05, 3.63) is 69.8 Å². The van der Waals surface area contributed by atoms with Gasteiger partial charge in [-0.3, -0.25) is 29.5 Å². The molecule has 2 amide bonds. The van der Waals surface area contributed by atoms with Crippen molar-refractivity contribution < 1.29 is 19.3 Å². The van der Waals surface area contributed by atoms with Gasteiger partial charge in [-0.2, -0.15) is 5.10 Å². The predicted molar refractivity (Wildman–Crippen MR) is 106 cm³/mol. The van der Waals surface area contributed by atoms with E-state index in [0.717, 1.165) is 16.0 Å². The highest BCUT2D eigenvalue weighted by Crippen LogP contribution is 2.52. The molecule has 9 heteroatoms. The number of nitrogens with zero attached hydrogens (tertiary/aromatic N) is 4. The van der Waals surface area contributed by atoms with Crippen LogP contribution in [0.2, 0.25) is 0 Å². The summed E-state index contributed by atoms with van der Waals surface area (Å²) in [4.78, 5) is 50.7. The molecule has 150 valence electrons. The Morgan fingerprint density at radius 1 is 1.03 bits per heavy atom. The quantitative estimate of drug-likeness (QED) is 0.440. The van der Waals surface area contributed by atoms with Gasteiger partial charge in [0.25, 0.3) is 5.69 Å². The molecule has 2 aromatic carbocycles. The number of amides is 2. The Kier molecular flexibility index (Phi) is 3.82. The average molecular weight is 404 g/mol. The molecule has 0 spiro atoms. The van der Waals surface area contributed by atoms with Crippen LogP contribution in [-0.4, -0.2) is 39.8 Å². The zero-order valence-electron chi connectivity index (χ0n) is 15.8. The highest BCUT2D eigenvalue weighted by molar-refractivity contribution is 6.24. The second-order valence-electron chi connectivity index (χ2n) is 7.59. The van der Waals surface area contributed by atoms with E-state index in [2.05, 4.69) is 5.10 Å². The number of Topliss-reactive ketones (excluding diaryl/α,β-unsaturated/α-hetero) is 1. The summed E-state index contributed by atoms with van der Waals surface area (Å²) >= 11 is 0. The van der Waals surface area contributed by atoms with Gasteiger partial charge in [-0.05, 0) is 30.2 Å². The van der Waals surface area contributed by atoms with E-state index in [1.54, 1.807) is 11.2 Å². The minimum atomic E-state index is -0.863. The van der Waals surface area contributed by atoms with Gasteiger partial charge in [0, 0.05) is 12.1 Å². The Bertz CT molecular complexity index is 1140. The maximum absolute atomic E-state index is 13.4. The molecule has 3 heterocycles. The molecule has 0 aliphatic carbocycles. The average Bonchev–Trinajstić information content (AvgIpc) is 3.21. The van der Waals surface area contributed by atoms with Crippen molar-refractivity contribution in [2.45, 2.75) is 19.0 Å². The molecule has 2 saturated heterocycles. The number of carbonyl (C=O) groups excluding carboxylic acids is 3. The van der Waals surface area contributed by atoms with E-state index >= 15 is 0 Å². The van der Waals surface area contributed by atoms with Gasteiger partial charge in [-0.1, -0.05) is 24.3 Å². The van der Waals surface area contributed by atoms with Crippen LogP contribution in [0.15, 0.2) is 53.6 Å². The summed E-state index contributed by atoms with van der Waals surface area (Å²) in [5.41, 5.74) is 1.81. The number of ketones is 1. The lowest BCUT2D eigenvalue weighted by Crippen LogP contribution is -2.43. The third-order valence-corrected chi connectivity index (χ3v) is 6.03. The molecule has 3 aliphatic rings. The number of hydrogen-bond acceptors (Lipinski definition) is 7. The minimum Gasteiger partial charge on any atom is -0.298 e. The number of hydrogen-bond donors (Lipinski definition) is 0. The first-order valence-electron chi connectivity index (χ1n) is 9.44. The molecule has 0 N–H and O–H groups in total. The van der Waals surface area contributed by atoms with Crippen molar-refractivity contribution in [2.24, 2.45) is 16.9 Å². The maximum atomic E-state index is 13.4. The fraction of sp³-hybridized carbons (Fsp3) is 0.238. The lowest BCUT2D eigenvalue weighted by atomic mass is 9.84. The predicted octanol–water partition coefficient (Wildman–Crippen LogP) is 2.06. The SMILES string of the molecule is CC(=O)[C@H]1[C@H]2C(=O)N(c3ccc([N+](=O)[O-])cc3)C(=O)[C@@H]2[C@H]2c3ccccc3C=NN21. The number of anilines is 1. The second kappa shape index (κ2) is 6.31. The van der Waals surface area contributed by atoms with Gasteiger partial charge in [0.2, 0.25) is 11.8 Å². The highest BCUT2D eigenvalue weighted by Gasteiger charge is 2.64. The van der Waals surface area contributed by atoms with E-state index < -0.39 is 40.7 Å². The molecule has 5 rings (SSSR count). The monoisotopic (exact) mass is 404 g/mol. The topological polar surface area (TPSA) is 113 Å². The molecule has 4 atom stereocenters. The summed E-state index contributed by atoms with van der Waals surface area (Å²) < 4.78 is 0. The fourth-order valence-corrected chi connectivity index (χ4v) is 4.80. The van der Waals surface area contributed by atoms with Crippen LogP contribution in [0.4, 0.5) is 11.4 Å². The van der Waals surface area contributed by atoms with Crippen LogP contribution in [0.3, 0.4) is 0 Å². The number of fused-ring (bicyclic) bond motifs is 5. The Hall–Kier alpha value is -3.88. The molecule has 9 nitrogen and oxygen atoms in total. The summed E-state index contributed by atoms with van der Waals surface area (Å²) in [7, 11) is 0. The first-order chi connectivity index (χ1) is 14.4. The molecular formula is C21H16N4O5. The molecule has 2 aromatic rings. The highest BCUT2D eigenvalue weighted by atomic mass is 16.6. The zero-order valence-corrected chi connectivity index (χ0v) is 15.8. The van der Waals surface area contributed by atoms with Gasteiger partial charge in [0.05, 0.1) is 34.7 Å². The molecule has 0 aromatic heterocycles. The lowest BCUT2D eigenvalue weighted by Gasteiger charge is -2.33. The van der Waals surface area contributed by atoms with Gasteiger partial charge in [0.1, 0.15) is 6.04 Å². The third-order valence-electron chi connectivity index (χ3n) is 6.03. The second-order valence-corrected chi connectivity index (χ2v) is 7.59. The van der Waals surface area contributed by atoms with Crippen LogP contribution in [0.1, 0.15) is 24.1 Å². The summed E-state index contributed by atoms with van der Waals surface area (Å²) in [5.74, 6) is -2.78. The van der Waals surface area contributed by atoms with Crippen molar-refractivity contribution >= 4 is 35.2 Å². The van der Waals surface area contributed by atoms with Crippen molar-refractivity contribution in [1.29, 1.82) is 0 Å². The Balaban J connectivity index is 1.60. The van der Waals surface area contributed by atoms with Crippen LogP contribution < -0.4 is 4.90 Å². The van der Waals surface area contributed by atoms with Crippen molar-refractivity contribution in [3.63, 3.8) is 0 Å². The smallest absolute Gasteiger partial charge is 0.269 e. The maximum Gasteiger partial charge on any atom is 0.269 e. The van der Waals surface area contributed by atoms with E-state index in [4.69, 9.17) is 0 Å². The molecule has 0 unspecified atom stereocenters. The van der Waals surface area contributed by atoms with Gasteiger partial charge >= 0.3 is 0 Å². The number of benzene rings is 2. The van der Waals surface area contributed by atoms with E-state index in [1.165, 1.54) is 31.2 Å². The Morgan fingerprint density at radius 2 is 1.70 bits per heavy atom. The van der Waals surface area contributed by atoms with Crippen molar-refractivity contribution in [3.8, 4) is 0 Å². The van der Waals surface area contributed by atoms with Gasteiger partial charge in [-0.25, -0.2) is 4.90 Å². The van der Waals surface area contributed by atoms with Gasteiger partial charge < -0.3 is 0 Å². The molecule has 30 heavy (non-hydrogen) atoms. The van der Waals surface area contributed by atoms with Crippen LogP contribution in [0.25, 0.3) is 0 Å². The van der Waals surface area contributed by atoms with Crippen molar-refractivity contribution in [2.75, 3.05) is 4.90 Å². The fourth-order valence-electron chi connectivity index (χ4n) is 4.80. The number of hydrazone groups is 1. The van der Waals surface area contributed by atoms with Crippen LogP contribution >= 0.6 is 0 Å². The largest absolute Gasteiger partial charge is 0.298 e. The van der Waals surface area contributed by atoms with Crippen LogP contribution in [-0.2, 0) is 14.4 Å². The molecular weight excluding hydrogens is 388 g/mol. The normalized spacial score (nSPS) is 26.4. The zero-order chi connectivity index (χ0) is 21.2. The van der Waals surface area contributed by atoms with E-state index in [1.807, 2.05) is 24.3 Å². The van der Waals surface area contributed by atoms with Crippen molar-refractivity contribution in [1.82, 2.24) is 5.01 Å². The Morgan fingerprint density at radius 3 is 2.37 bits per heavy atom. The lowest BCUT2D eigenvalue weighted by molar-refractivity contribution is -0.384. The van der Waals surface area contributed by atoms with Gasteiger partial charge in [-0.15, -0.1) is 0 Å². The number of imide groups is 1. The minimum absolute atomic E-state index is 0.138. The van der Waals surface area contributed by atoms with Crippen LogP contribution in [0, 0.1) is 22.0 Å². The summed E-state index contributed by atoms with van der Waals surface area (Å²) in [6.45, 7) is 1.40. The number of rotatable bonds is 3. The molecule has 3 aliphatic heterocycles. The number of nitro groups is 1. The summed E-state index contributed by atoms with van der Waals surface area (Å²) in [6, 6.07) is 11.4. The molecule has 2 fully saturated rings. The molecule has 0 bridgehead atoms. The number of carbonyl (C=O) groups is 3. The van der Waals surface area contributed by atoms with E-state index in [-0.39, 0.29) is 17.2 Å². The standard InChI is InChI=1S/C21H16N4O5/c1-11(26)18-16-17(19-15-5-3-2-4-12(15)10-22-24(18)19)21(28)23(20(16)27)13-6-8-14(9-7-13)25(29)30/h2-10,16-19H,1H3/t16-,17-,18-,19+/m0/s1. The first kappa shape index (κ1) is 18.2. The number of non-ortho nitro benzene ring substituents is 1. The number of nitro benzene ring substituents is 1. The van der Waals surface area contributed by atoms with E-state index in [9.17, 15) is 24.5 Å². The van der Waals surface area contributed by atoms with Crippen LogP contribution in [0.5, 0.6) is 0 Å². The summed E-state index contributed by atoms with van der Waals surface area (Å²) in [6.07, 6.45) is 1.64. The van der Waals surface area contributed by atoms with E-state index in [0.29, 0.717) is 0 Å². The molecule has 0 saturated carbocycles. The summed E-state index contributed by atoms with van der Waals surface area (Å²) in [5, 5.41) is 16.9.